The molecule has 0 bridgehead atoms. The smallest absolute Gasteiger partial charge is 0.410 e. The van der Waals surface area contributed by atoms with Crippen LogP contribution in [-0.4, -0.2) is 48.0 Å². The number of piperidine rings is 1. The Morgan fingerprint density at radius 1 is 1.29 bits per heavy atom. The van der Waals surface area contributed by atoms with Crippen LogP contribution in [0.15, 0.2) is 0 Å². The molecule has 1 fully saturated rings. The summed E-state index contributed by atoms with van der Waals surface area (Å²) in [6.07, 6.45) is 2.75. The van der Waals surface area contributed by atoms with Crippen molar-refractivity contribution in [3.63, 3.8) is 0 Å². The summed E-state index contributed by atoms with van der Waals surface area (Å²) in [5, 5.41) is 2.94. The van der Waals surface area contributed by atoms with Gasteiger partial charge in [-0.25, -0.2) is 4.79 Å². The van der Waals surface area contributed by atoms with Gasteiger partial charge in [0.2, 0.25) is 5.91 Å². The Kier molecular flexibility index (Phi) is 7.29. The average Bonchev–Trinajstić information content (AvgIpc) is 2.41. The maximum atomic E-state index is 11.9. The maximum Gasteiger partial charge on any atom is 0.410 e. The second-order valence-electron chi connectivity index (χ2n) is 6.51. The summed E-state index contributed by atoms with van der Waals surface area (Å²) in [4.78, 5) is 25.2. The standard InChI is InChI=1S/C15H27ClN2O3/c1-15(2,3)21-14(20)18-9-6-12(7-10-18)11-17-13(19)5-4-8-16/h12H,4-11H2,1-3H3,(H,17,19). The van der Waals surface area contributed by atoms with E-state index in [0.29, 0.717) is 44.3 Å². The molecule has 0 aromatic carbocycles. The van der Waals surface area contributed by atoms with E-state index in [1.165, 1.54) is 0 Å². The summed E-state index contributed by atoms with van der Waals surface area (Å²) < 4.78 is 5.36. The zero-order valence-corrected chi connectivity index (χ0v) is 14.0. The van der Waals surface area contributed by atoms with Crippen LogP contribution in [0.1, 0.15) is 46.5 Å². The molecule has 122 valence electrons. The minimum absolute atomic E-state index is 0.0604. The molecule has 0 radical (unpaired) electrons. The van der Waals surface area contributed by atoms with Crippen LogP contribution in [-0.2, 0) is 9.53 Å². The van der Waals surface area contributed by atoms with Crippen LogP contribution in [0, 0.1) is 5.92 Å². The second kappa shape index (κ2) is 8.47. The molecule has 2 amide bonds. The SMILES string of the molecule is CC(C)(C)OC(=O)N1CCC(CNC(=O)CCCCl)CC1. The molecule has 6 heteroatoms. The number of rotatable bonds is 5. The van der Waals surface area contributed by atoms with E-state index in [2.05, 4.69) is 5.32 Å². The summed E-state index contributed by atoms with van der Waals surface area (Å²) in [6, 6.07) is 0. The van der Waals surface area contributed by atoms with Gasteiger partial charge in [-0.15, -0.1) is 11.6 Å². The molecule has 1 N–H and O–H groups in total. The van der Waals surface area contributed by atoms with Gasteiger partial charge in [0.15, 0.2) is 0 Å². The number of likely N-dealkylation sites (tertiary alicyclic amines) is 1. The molecule has 0 aliphatic carbocycles. The Bertz CT molecular complexity index is 347. The molecule has 0 aromatic rings. The molecule has 1 rings (SSSR count). The largest absolute Gasteiger partial charge is 0.444 e. The van der Waals surface area contributed by atoms with Crippen LogP contribution in [0.4, 0.5) is 4.79 Å². The van der Waals surface area contributed by atoms with Crippen LogP contribution in [0.3, 0.4) is 0 Å². The van der Waals surface area contributed by atoms with Crippen molar-refractivity contribution in [1.82, 2.24) is 10.2 Å². The van der Waals surface area contributed by atoms with Crippen LogP contribution in [0.5, 0.6) is 0 Å². The number of hydrogen-bond donors (Lipinski definition) is 1. The minimum atomic E-state index is -0.454. The van der Waals surface area contributed by atoms with Gasteiger partial charge in [-0.05, 0) is 46.0 Å². The number of carbonyl (C=O) groups is 2. The molecule has 21 heavy (non-hydrogen) atoms. The highest BCUT2D eigenvalue weighted by Crippen LogP contribution is 2.19. The van der Waals surface area contributed by atoms with Crippen molar-refractivity contribution in [2.45, 2.75) is 52.1 Å². The van der Waals surface area contributed by atoms with Gasteiger partial charge in [0.25, 0.3) is 0 Å². The van der Waals surface area contributed by atoms with Crippen molar-refractivity contribution in [1.29, 1.82) is 0 Å². The third-order valence-corrected chi connectivity index (χ3v) is 3.66. The topological polar surface area (TPSA) is 58.6 Å². The van der Waals surface area contributed by atoms with Crippen molar-refractivity contribution >= 4 is 23.6 Å². The van der Waals surface area contributed by atoms with E-state index in [0.717, 1.165) is 12.8 Å². The number of nitrogens with zero attached hydrogens (tertiary/aromatic N) is 1. The Labute approximate surface area is 132 Å². The molecule has 0 spiro atoms. The van der Waals surface area contributed by atoms with Gasteiger partial charge in [0, 0.05) is 31.9 Å². The summed E-state index contributed by atoms with van der Waals surface area (Å²) >= 11 is 5.56. The highest BCUT2D eigenvalue weighted by molar-refractivity contribution is 6.17. The highest BCUT2D eigenvalue weighted by Gasteiger charge is 2.26. The van der Waals surface area contributed by atoms with Gasteiger partial charge in [-0.1, -0.05) is 0 Å². The molecule has 0 unspecified atom stereocenters. The van der Waals surface area contributed by atoms with Gasteiger partial charge in [0.05, 0.1) is 0 Å². The monoisotopic (exact) mass is 318 g/mol. The lowest BCUT2D eigenvalue weighted by atomic mass is 9.97. The summed E-state index contributed by atoms with van der Waals surface area (Å²) in [6.45, 7) is 7.67. The molecule has 0 aromatic heterocycles. The molecule has 0 saturated carbocycles. The molecular formula is C15H27ClN2O3. The quantitative estimate of drug-likeness (QED) is 0.793. The van der Waals surface area contributed by atoms with E-state index < -0.39 is 5.60 Å². The maximum absolute atomic E-state index is 11.9. The molecule has 1 aliphatic rings. The van der Waals surface area contributed by atoms with E-state index in [1.807, 2.05) is 20.8 Å². The van der Waals surface area contributed by atoms with Crippen LogP contribution in [0.25, 0.3) is 0 Å². The van der Waals surface area contributed by atoms with Gasteiger partial charge < -0.3 is 15.0 Å². The van der Waals surface area contributed by atoms with E-state index in [-0.39, 0.29) is 12.0 Å². The van der Waals surface area contributed by atoms with Gasteiger partial charge in [-0.2, -0.15) is 0 Å². The number of hydrogen-bond acceptors (Lipinski definition) is 3. The number of halogens is 1. The Hall–Kier alpha value is -0.970. The molecule has 0 atom stereocenters. The van der Waals surface area contributed by atoms with Crippen LogP contribution >= 0.6 is 11.6 Å². The average molecular weight is 319 g/mol. The van der Waals surface area contributed by atoms with E-state index in [4.69, 9.17) is 16.3 Å². The van der Waals surface area contributed by atoms with Crippen LogP contribution in [0.2, 0.25) is 0 Å². The van der Waals surface area contributed by atoms with Crippen molar-refractivity contribution in [3.05, 3.63) is 0 Å². The lowest BCUT2D eigenvalue weighted by Gasteiger charge is -2.33. The Morgan fingerprint density at radius 2 is 1.90 bits per heavy atom. The third-order valence-electron chi connectivity index (χ3n) is 3.39. The van der Waals surface area contributed by atoms with E-state index >= 15 is 0 Å². The Balaban J connectivity index is 2.23. The first-order valence-corrected chi connectivity index (χ1v) is 8.16. The van der Waals surface area contributed by atoms with Crippen molar-refractivity contribution in [3.8, 4) is 0 Å². The normalized spacial score (nSPS) is 16.7. The zero-order chi connectivity index (χ0) is 15.9. The number of ether oxygens (including phenoxy) is 1. The summed E-state index contributed by atoms with van der Waals surface area (Å²) in [7, 11) is 0. The molecule has 1 saturated heterocycles. The van der Waals surface area contributed by atoms with E-state index in [1.54, 1.807) is 4.90 Å². The predicted molar refractivity (Wildman–Crippen MR) is 83.5 cm³/mol. The second-order valence-corrected chi connectivity index (χ2v) is 6.89. The number of carbonyl (C=O) groups excluding carboxylic acids is 2. The first-order valence-electron chi connectivity index (χ1n) is 7.62. The lowest BCUT2D eigenvalue weighted by molar-refractivity contribution is -0.121. The first-order chi connectivity index (χ1) is 9.81. The minimum Gasteiger partial charge on any atom is -0.444 e. The van der Waals surface area contributed by atoms with Gasteiger partial charge in [0.1, 0.15) is 5.60 Å². The first kappa shape index (κ1) is 18.1. The van der Waals surface area contributed by atoms with Crippen molar-refractivity contribution in [2.75, 3.05) is 25.5 Å². The molecular weight excluding hydrogens is 292 g/mol. The summed E-state index contributed by atoms with van der Waals surface area (Å²) in [5.74, 6) is 1.01. The van der Waals surface area contributed by atoms with Gasteiger partial charge in [-0.3, -0.25) is 4.79 Å². The zero-order valence-electron chi connectivity index (χ0n) is 13.3. The molecule has 5 nitrogen and oxygen atoms in total. The number of alkyl halides is 1. The van der Waals surface area contributed by atoms with E-state index in [9.17, 15) is 9.59 Å². The van der Waals surface area contributed by atoms with Crippen LogP contribution < -0.4 is 5.32 Å². The fraction of sp³-hybridized carbons (Fsp3) is 0.867. The van der Waals surface area contributed by atoms with Crippen molar-refractivity contribution in [2.24, 2.45) is 5.92 Å². The Morgan fingerprint density at radius 3 is 2.43 bits per heavy atom. The molecule has 1 heterocycles. The number of nitrogens with one attached hydrogen (secondary N) is 1. The predicted octanol–water partition coefficient (Wildman–Crippen LogP) is 2.77. The fourth-order valence-electron chi connectivity index (χ4n) is 2.22. The summed E-state index contributed by atoms with van der Waals surface area (Å²) in [5.41, 5.74) is -0.454. The fourth-order valence-corrected chi connectivity index (χ4v) is 2.35. The molecule has 1 aliphatic heterocycles. The lowest BCUT2D eigenvalue weighted by Crippen LogP contribution is -2.43. The third kappa shape index (κ3) is 7.55. The van der Waals surface area contributed by atoms with Crippen molar-refractivity contribution < 1.29 is 14.3 Å². The van der Waals surface area contributed by atoms with Gasteiger partial charge >= 0.3 is 6.09 Å². The highest BCUT2D eigenvalue weighted by atomic mass is 35.5. The number of amides is 2.